The summed E-state index contributed by atoms with van der Waals surface area (Å²) < 4.78 is 43.1. The van der Waals surface area contributed by atoms with Crippen LogP contribution in [0.15, 0.2) is 29.1 Å². The van der Waals surface area contributed by atoms with Gasteiger partial charge in [0.1, 0.15) is 5.75 Å². The van der Waals surface area contributed by atoms with E-state index in [1.54, 1.807) is 0 Å². The molecule has 0 unspecified atom stereocenters. The summed E-state index contributed by atoms with van der Waals surface area (Å²) in [6.07, 6.45) is -4.52. The lowest BCUT2D eigenvalue weighted by Gasteiger charge is -2.12. The zero-order valence-corrected chi connectivity index (χ0v) is 8.76. The van der Waals surface area contributed by atoms with Gasteiger partial charge in [-0.15, -0.1) is 0 Å². The first-order valence-corrected chi connectivity index (χ1v) is 4.70. The number of H-pyrrole nitrogens is 1. The summed E-state index contributed by atoms with van der Waals surface area (Å²) in [5.74, 6) is 0.282. The van der Waals surface area contributed by atoms with Crippen molar-refractivity contribution in [1.82, 2.24) is 4.98 Å². The summed E-state index contributed by atoms with van der Waals surface area (Å²) in [5, 5.41) is 0.224. The van der Waals surface area contributed by atoms with Gasteiger partial charge in [-0.05, 0) is 18.2 Å². The lowest BCUT2D eigenvalue weighted by Crippen LogP contribution is -2.11. The average Bonchev–Trinajstić information content (AvgIpc) is 2.25. The van der Waals surface area contributed by atoms with Gasteiger partial charge in [0.25, 0.3) is 0 Å². The SMILES string of the molecule is COc1ccc(C(F)(F)F)c2[nH]c(=O)ccc12. The van der Waals surface area contributed by atoms with E-state index in [-0.39, 0.29) is 16.7 Å². The van der Waals surface area contributed by atoms with E-state index in [0.29, 0.717) is 0 Å². The number of pyridine rings is 1. The lowest BCUT2D eigenvalue weighted by atomic mass is 10.1. The van der Waals surface area contributed by atoms with Crippen molar-refractivity contribution in [2.75, 3.05) is 7.11 Å². The van der Waals surface area contributed by atoms with E-state index in [9.17, 15) is 18.0 Å². The number of hydrogen-bond donors (Lipinski definition) is 1. The molecule has 0 amide bonds. The number of fused-ring (bicyclic) bond motifs is 1. The normalized spacial score (nSPS) is 11.8. The van der Waals surface area contributed by atoms with E-state index in [1.165, 1.54) is 19.2 Å². The minimum atomic E-state index is -4.52. The largest absolute Gasteiger partial charge is 0.496 e. The number of methoxy groups -OCH3 is 1. The molecule has 0 aliphatic carbocycles. The molecule has 90 valence electrons. The number of benzene rings is 1. The van der Waals surface area contributed by atoms with Crippen LogP contribution in [0.25, 0.3) is 10.9 Å². The molecular formula is C11H8F3NO2. The molecule has 3 nitrogen and oxygen atoms in total. The van der Waals surface area contributed by atoms with Crippen molar-refractivity contribution >= 4 is 10.9 Å². The van der Waals surface area contributed by atoms with Crippen LogP contribution in [-0.4, -0.2) is 12.1 Å². The predicted molar refractivity (Wildman–Crippen MR) is 56.1 cm³/mol. The smallest absolute Gasteiger partial charge is 0.418 e. The number of rotatable bonds is 1. The fourth-order valence-corrected chi connectivity index (χ4v) is 1.64. The van der Waals surface area contributed by atoms with Gasteiger partial charge in [0.2, 0.25) is 5.56 Å². The van der Waals surface area contributed by atoms with Crippen LogP contribution < -0.4 is 10.3 Å². The fourth-order valence-electron chi connectivity index (χ4n) is 1.64. The molecular weight excluding hydrogens is 235 g/mol. The number of ether oxygens (including phenoxy) is 1. The van der Waals surface area contributed by atoms with Crippen LogP contribution in [-0.2, 0) is 6.18 Å². The maximum absolute atomic E-state index is 12.7. The van der Waals surface area contributed by atoms with Crippen molar-refractivity contribution in [3.63, 3.8) is 0 Å². The van der Waals surface area contributed by atoms with Gasteiger partial charge in [-0.3, -0.25) is 4.79 Å². The first-order valence-electron chi connectivity index (χ1n) is 4.70. The minimum absolute atomic E-state index is 0.224. The molecule has 0 radical (unpaired) electrons. The first-order chi connectivity index (χ1) is 7.93. The molecule has 0 bridgehead atoms. The molecule has 17 heavy (non-hydrogen) atoms. The zero-order valence-electron chi connectivity index (χ0n) is 8.76. The maximum atomic E-state index is 12.7. The number of hydrogen-bond acceptors (Lipinski definition) is 2. The fraction of sp³-hybridized carbons (Fsp3) is 0.182. The number of aromatic amines is 1. The Morgan fingerprint density at radius 3 is 2.47 bits per heavy atom. The Morgan fingerprint density at radius 1 is 1.18 bits per heavy atom. The van der Waals surface area contributed by atoms with Gasteiger partial charge in [-0.1, -0.05) is 0 Å². The molecule has 0 atom stereocenters. The number of aromatic nitrogens is 1. The summed E-state index contributed by atoms with van der Waals surface area (Å²) in [6.45, 7) is 0. The van der Waals surface area contributed by atoms with E-state index >= 15 is 0 Å². The van der Waals surface area contributed by atoms with Crippen molar-refractivity contribution in [1.29, 1.82) is 0 Å². The highest BCUT2D eigenvalue weighted by atomic mass is 19.4. The molecule has 0 saturated carbocycles. The second-order valence-electron chi connectivity index (χ2n) is 3.42. The van der Waals surface area contributed by atoms with Crippen LogP contribution >= 0.6 is 0 Å². The van der Waals surface area contributed by atoms with E-state index in [0.717, 1.165) is 12.1 Å². The molecule has 2 aromatic rings. The maximum Gasteiger partial charge on any atom is 0.418 e. The van der Waals surface area contributed by atoms with Crippen LogP contribution in [0.4, 0.5) is 13.2 Å². The first kappa shape index (κ1) is 11.5. The Labute approximate surface area is 93.8 Å². The van der Waals surface area contributed by atoms with E-state index in [1.807, 2.05) is 0 Å². The third-order valence-corrected chi connectivity index (χ3v) is 2.38. The van der Waals surface area contributed by atoms with Crippen LogP contribution in [0, 0.1) is 0 Å². The third kappa shape index (κ3) is 1.98. The molecule has 1 heterocycles. The van der Waals surface area contributed by atoms with Crippen LogP contribution in [0.3, 0.4) is 0 Å². The lowest BCUT2D eigenvalue weighted by molar-refractivity contribution is -0.136. The van der Waals surface area contributed by atoms with E-state index in [2.05, 4.69) is 4.98 Å². The summed E-state index contributed by atoms with van der Waals surface area (Å²) in [7, 11) is 1.35. The molecule has 2 rings (SSSR count). The summed E-state index contributed by atoms with van der Waals surface area (Å²) >= 11 is 0. The van der Waals surface area contributed by atoms with Gasteiger partial charge >= 0.3 is 6.18 Å². The molecule has 0 fully saturated rings. The van der Waals surface area contributed by atoms with Crippen LogP contribution in [0.2, 0.25) is 0 Å². The molecule has 1 N–H and O–H groups in total. The summed E-state index contributed by atoms with van der Waals surface area (Å²) in [5.41, 5.74) is -1.73. The van der Waals surface area contributed by atoms with Crippen molar-refractivity contribution in [3.8, 4) is 5.75 Å². The van der Waals surface area contributed by atoms with Gasteiger partial charge in [0.15, 0.2) is 0 Å². The summed E-state index contributed by atoms with van der Waals surface area (Å²) in [4.78, 5) is 13.3. The second-order valence-corrected chi connectivity index (χ2v) is 3.42. The summed E-state index contributed by atoms with van der Waals surface area (Å²) in [6, 6.07) is 4.58. The topological polar surface area (TPSA) is 42.1 Å². The Bertz CT molecular complexity index is 616. The van der Waals surface area contributed by atoms with Gasteiger partial charge in [0, 0.05) is 11.5 Å². The number of nitrogens with one attached hydrogen (secondary N) is 1. The minimum Gasteiger partial charge on any atom is -0.496 e. The van der Waals surface area contributed by atoms with Crippen molar-refractivity contribution in [3.05, 3.63) is 40.2 Å². The van der Waals surface area contributed by atoms with Gasteiger partial charge < -0.3 is 9.72 Å². The van der Waals surface area contributed by atoms with Crippen LogP contribution in [0.5, 0.6) is 5.75 Å². The van der Waals surface area contributed by atoms with Gasteiger partial charge in [-0.25, -0.2) is 0 Å². The molecule has 1 aromatic heterocycles. The molecule has 0 spiro atoms. The van der Waals surface area contributed by atoms with Crippen molar-refractivity contribution in [2.45, 2.75) is 6.18 Å². The Hall–Kier alpha value is -1.98. The van der Waals surface area contributed by atoms with E-state index in [4.69, 9.17) is 4.74 Å². The Morgan fingerprint density at radius 2 is 1.88 bits per heavy atom. The van der Waals surface area contributed by atoms with Gasteiger partial charge in [0.05, 0.1) is 18.2 Å². The molecule has 1 aromatic carbocycles. The standard InChI is InChI=1S/C11H8F3NO2/c1-17-8-4-3-7(11(12,13)14)10-6(8)2-5-9(16)15-10/h2-5H,1H3,(H,15,16). The zero-order chi connectivity index (χ0) is 12.6. The highest BCUT2D eigenvalue weighted by molar-refractivity contribution is 5.88. The highest BCUT2D eigenvalue weighted by Gasteiger charge is 2.33. The molecule has 0 saturated heterocycles. The third-order valence-electron chi connectivity index (χ3n) is 2.38. The van der Waals surface area contributed by atoms with Crippen LogP contribution in [0.1, 0.15) is 5.56 Å². The molecule has 0 aliphatic heterocycles. The van der Waals surface area contributed by atoms with Gasteiger partial charge in [-0.2, -0.15) is 13.2 Å². The highest BCUT2D eigenvalue weighted by Crippen LogP contribution is 2.36. The number of alkyl halides is 3. The monoisotopic (exact) mass is 243 g/mol. The van der Waals surface area contributed by atoms with Crippen molar-refractivity contribution < 1.29 is 17.9 Å². The second kappa shape index (κ2) is 3.80. The quantitative estimate of drug-likeness (QED) is 0.836. The van der Waals surface area contributed by atoms with E-state index < -0.39 is 17.3 Å². The Balaban J connectivity index is 2.89. The molecule has 0 aliphatic rings. The van der Waals surface area contributed by atoms with Crippen molar-refractivity contribution in [2.24, 2.45) is 0 Å². The number of halogens is 3. The molecule has 6 heteroatoms. The predicted octanol–water partition coefficient (Wildman–Crippen LogP) is 2.56. The average molecular weight is 243 g/mol. The Kier molecular flexibility index (Phi) is 2.57.